The number of carbonyl (C=O) groups excluding carboxylic acids is 1. The summed E-state index contributed by atoms with van der Waals surface area (Å²) in [5.41, 5.74) is 2.19. The molecule has 1 N–H and O–H groups in total. The molecule has 28 heavy (non-hydrogen) atoms. The number of hydrogen-bond donors (Lipinski definition) is 1. The second-order valence-corrected chi connectivity index (χ2v) is 7.42. The van der Waals surface area contributed by atoms with E-state index in [1.807, 2.05) is 31.2 Å². The van der Waals surface area contributed by atoms with Gasteiger partial charge in [0.15, 0.2) is 0 Å². The molecule has 0 radical (unpaired) electrons. The van der Waals surface area contributed by atoms with Crippen molar-refractivity contribution in [2.45, 2.75) is 44.9 Å². The lowest BCUT2D eigenvalue weighted by atomic mass is 10.0. The first kappa shape index (κ1) is 20.4. The van der Waals surface area contributed by atoms with Gasteiger partial charge in [0.1, 0.15) is 0 Å². The third-order valence-electron chi connectivity index (χ3n) is 5.23. The second-order valence-electron chi connectivity index (χ2n) is 7.42. The van der Waals surface area contributed by atoms with Crippen molar-refractivity contribution in [2.24, 2.45) is 0 Å². The van der Waals surface area contributed by atoms with Crippen molar-refractivity contribution in [3.05, 3.63) is 70.8 Å². The normalized spacial score (nSPS) is 16.1. The predicted molar refractivity (Wildman–Crippen MR) is 103 cm³/mol. The molecule has 150 valence electrons. The van der Waals surface area contributed by atoms with Crippen LogP contribution >= 0.6 is 0 Å². The quantitative estimate of drug-likeness (QED) is 0.824. The Kier molecular flexibility index (Phi) is 6.39. The molecule has 3 nitrogen and oxygen atoms in total. The van der Waals surface area contributed by atoms with Crippen LogP contribution in [0.15, 0.2) is 48.5 Å². The van der Waals surface area contributed by atoms with Crippen molar-refractivity contribution in [3.63, 3.8) is 0 Å². The van der Waals surface area contributed by atoms with Gasteiger partial charge >= 0.3 is 6.18 Å². The van der Waals surface area contributed by atoms with E-state index in [1.165, 1.54) is 12.1 Å². The molecule has 1 fully saturated rings. The van der Waals surface area contributed by atoms with E-state index in [-0.39, 0.29) is 11.9 Å². The molecule has 0 unspecified atom stereocenters. The Morgan fingerprint density at radius 2 is 1.82 bits per heavy atom. The van der Waals surface area contributed by atoms with Crippen LogP contribution in [0, 0.1) is 6.92 Å². The summed E-state index contributed by atoms with van der Waals surface area (Å²) in [5.74, 6) is 0.0191. The van der Waals surface area contributed by atoms with Crippen LogP contribution < -0.4 is 5.32 Å². The van der Waals surface area contributed by atoms with Crippen molar-refractivity contribution in [3.8, 4) is 0 Å². The van der Waals surface area contributed by atoms with Crippen molar-refractivity contribution < 1.29 is 18.0 Å². The first-order valence-electron chi connectivity index (χ1n) is 9.53. The Bertz CT molecular complexity index is 811. The largest absolute Gasteiger partial charge is 0.416 e. The Morgan fingerprint density at radius 1 is 1.11 bits per heavy atom. The van der Waals surface area contributed by atoms with Crippen LogP contribution in [0.1, 0.15) is 35.1 Å². The monoisotopic (exact) mass is 390 g/mol. The third-order valence-corrected chi connectivity index (χ3v) is 5.23. The number of rotatable bonds is 5. The molecule has 1 saturated heterocycles. The van der Waals surface area contributed by atoms with E-state index < -0.39 is 11.7 Å². The van der Waals surface area contributed by atoms with E-state index in [2.05, 4.69) is 10.2 Å². The highest BCUT2D eigenvalue weighted by Gasteiger charge is 2.30. The lowest BCUT2D eigenvalue weighted by Gasteiger charge is -2.32. The molecule has 0 atom stereocenters. The summed E-state index contributed by atoms with van der Waals surface area (Å²) in [7, 11) is 0. The lowest BCUT2D eigenvalue weighted by Crippen LogP contribution is -2.44. The minimum absolute atomic E-state index is 0.0191. The van der Waals surface area contributed by atoms with E-state index in [0.29, 0.717) is 18.5 Å². The Hall–Kier alpha value is -2.34. The predicted octanol–water partition coefficient (Wildman–Crippen LogP) is 4.34. The maximum atomic E-state index is 12.8. The minimum atomic E-state index is -4.32. The lowest BCUT2D eigenvalue weighted by molar-refractivity contribution is -0.137. The number of amides is 1. The first-order valence-corrected chi connectivity index (χ1v) is 9.53. The summed E-state index contributed by atoms with van der Waals surface area (Å²) in [6.07, 6.45) is -2.33. The molecular formula is C22H25F3N2O. The van der Waals surface area contributed by atoms with Gasteiger partial charge in [-0.05, 0) is 42.5 Å². The Labute approximate surface area is 163 Å². The molecule has 0 aliphatic carbocycles. The molecule has 1 amide bonds. The molecule has 1 heterocycles. The van der Waals surface area contributed by atoms with Crippen LogP contribution in [0.4, 0.5) is 13.2 Å². The number of piperidine rings is 1. The van der Waals surface area contributed by atoms with Crippen LogP contribution in [-0.2, 0) is 23.9 Å². The average molecular weight is 390 g/mol. The van der Waals surface area contributed by atoms with E-state index >= 15 is 0 Å². The minimum Gasteiger partial charge on any atom is -0.353 e. The summed E-state index contributed by atoms with van der Waals surface area (Å²) >= 11 is 0. The smallest absolute Gasteiger partial charge is 0.353 e. The van der Waals surface area contributed by atoms with E-state index in [1.54, 1.807) is 6.07 Å². The summed E-state index contributed by atoms with van der Waals surface area (Å²) in [6, 6.07) is 13.5. The van der Waals surface area contributed by atoms with E-state index in [0.717, 1.165) is 43.1 Å². The zero-order valence-electron chi connectivity index (χ0n) is 15.9. The maximum absolute atomic E-state index is 12.8. The van der Waals surface area contributed by atoms with Crippen LogP contribution in [0.5, 0.6) is 0 Å². The van der Waals surface area contributed by atoms with Crippen LogP contribution in [0.2, 0.25) is 0 Å². The van der Waals surface area contributed by atoms with Gasteiger partial charge in [-0.25, -0.2) is 0 Å². The summed E-state index contributed by atoms with van der Waals surface area (Å²) in [5, 5.41) is 3.09. The number of benzene rings is 2. The number of halogens is 3. The van der Waals surface area contributed by atoms with Gasteiger partial charge in [-0.3, -0.25) is 9.69 Å². The Balaban J connectivity index is 1.47. The fraction of sp³-hybridized carbons (Fsp3) is 0.409. The molecule has 0 aromatic heterocycles. The zero-order chi connectivity index (χ0) is 20.1. The number of nitrogens with zero attached hydrogens (tertiary/aromatic N) is 1. The number of nitrogens with one attached hydrogen (secondary N) is 1. The summed E-state index contributed by atoms with van der Waals surface area (Å²) in [6.45, 7) is 4.00. The molecular weight excluding hydrogens is 365 g/mol. The van der Waals surface area contributed by atoms with Gasteiger partial charge in [0.25, 0.3) is 0 Å². The maximum Gasteiger partial charge on any atom is 0.416 e. The number of carbonyl (C=O) groups is 1. The Morgan fingerprint density at radius 3 is 2.50 bits per heavy atom. The number of hydrogen-bond acceptors (Lipinski definition) is 2. The summed E-state index contributed by atoms with van der Waals surface area (Å²) < 4.78 is 38.5. The number of likely N-dealkylation sites (tertiary alicyclic amines) is 1. The fourth-order valence-electron chi connectivity index (χ4n) is 3.60. The highest BCUT2D eigenvalue weighted by atomic mass is 19.4. The van der Waals surface area contributed by atoms with Gasteiger partial charge in [-0.15, -0.1) is 0 Å². The van der Waals surface area contributed by atoms with Crippen LogP contribution in [0.25, 0.3) is 0 Å². The van der Waals surface area contributed by atoms with Gasteiger partial charge in [0.2, 0.25) is 5.91 Å². The van der Waals surface area contributed by atoms with Gasteiger partial charge in [0.05, 0.1) is 12.0 Å². The summed E-state index contributed by atoms with van der Waals surface area (Å²) in [4.78, 5) is 14.4. The molecule has 0 spiro atoms. The molecule has 6 heteroatoms. The fourth-order valence-corrected chi connectivity index (χ4v) is 3.60. The molecule has 1 aliphatic rings. The molecule has 2 aromatic carbocycles. The van der Waals surface area contributed by atoms with E-state index in [4.69, 9.17) is 0 Å². The van der Waals surface area contributed by atoms with Crippen LogP contribution in [-0.4, -0.2) is 29.9 Å². The van der Waals surface area contributed by atoms with Gasteiger partial charge < -0.3 is 5.32 Å². The van der Waals surface area contributed by atoms with Crippen molar-refractivity contribution in [2.75, 3.05) is 13.1 Å². The number of aryl methyl sites for hydroxylation is 1. The van der Waals surface area contributed by atoms with Crippen molar-refractivity contribution >= 4 is 5.91 Å². The van der Waals surface area contributed by atoms with Gasteiger partial charge in [0, 0.05) is 25.7 Å². The molecule has 0 bridgehead atoms. The number of alkyl halides is 3. The molecule has 1 aliphatic heterocycles. The highest BCUT2D eigenvalue weighted by molar-refractivity contribution is 5.79. The van der Waals surface area contributed by atoms with Crippen LogP contribution in [0.3, 0.4) is 0 Å². The molecule has 2 aromatic rings. The first-order chi connectivity index (χ1) is 13.3. The van der Waals surface area contributed by atoms with Gasteiger partial charge in [-0.1, -0.05) is 42.5 Å². The van der Waals surface area contributed by atoms with Crippen molar-refractivity contribution in [1.82, 2.24) is 10.2 Å². The molecule has 0 saturated carbocycles. The van der Waals surface area contributed by atoms with Gasteiger partial charge in [-0.2, -0.15) is 13.2 Å². The average Bonchev–Trinajstić information content (AvgIpc) is 2.65. The topological polar surface area (TPSA) is 32.3 Å². The second kappa shape index (κ2) is 8.78. The highest BCUT2D eigenvalue weighted by Crippen LogP contribution is 2.30. The van der Waals surface area contributed by atoms with Crippen molar-refractivity contribution in [1.29, 1.82) is 0 Å². The van der Waals surface area contributed by atoms with E-state index in [9.17, 15) is 18.0 Å². The SMILES string of the molecule is Cc1ccccc1CC(=O)NC1CCN(Cc2cccc(C(F)(F)F)c2)CC1. The molecule has 3 rings (SSSR count). The third kappa shape index (κ3) is 5.58. The zero-order valence-corrected chi connectivity index (χ0v) is 15.9. The standard InChI is InChI=1S/C22H25F3N2O/c1-16-5-2-3-7-18(16)14-21(28)26-20-9-11-27(12-10-20)15-17-6-4-8-19(13-17)22(23,24)25/h2-8,13,20H,9-12,14-15H2,1H3,(H,26,28).